The van der Waals surface area contributed by atoms with Gasteiger partial charge >= 0.3 is 0 Å². The number of hydrogen-bond acceptors (Lipinski definition) is 3. The molecule has 14 heavy (non-hydrogen) atoms. The number of nitrogens with one attached hydrogen (secondary N) is 1. The summed E-state index contributed by atoms with van der Waals surface area (Å²) < 4.78 is 0. The highest BCUT2D eigenvalue weighted by Crippen LogP contribution is 2.31. The lowest BCUT2D eigenvalue weighted by atomic mass is 10.0. The predicted molar refractivity (Wildman–Crippen MR) is 50.9 cm³/mol. The summed E-state index contributed by atoms with van der Waals surface area (Å²) in [5.74, 6) is -0.635. The van der Waals surface area contributed by atoms with Crippen LogP contribution in [-0.2, 0) is 4.79 Å². The highest BCUT2D eigenvalue weighted by atomic mass is 16.3. The van der Waals surface area contributed by atoms with Gasteiger partial charge in [-0.3, -0.25) is 10.2 Å². The molecule has 0 saturated carbocycles. The molecule has 1 atom stereocenters. The lowest BCUT2D eigenvalue weighted by molar-refractivity contribution is -0.114. The van der Waals surface area contributed by atoms with Crippen LogP contribution in [0.5, 0.6) is 0 Å². The maximum Gasteiger partial charge on any atom is 0.255 e. The Hall–Kier alpha value is -1.52. The first kappa shape index (κ1) is 9.05. The van der Waals surface area contributed by atoms with Crippen molar-refractivity contribution in [3.8, 4) is 0 Å². The lowest BCUT2D eigenvalue weighted by Gasteiger charge is -2.31. The summed E-state index contributed by atoms with van der Waals surface area (Å²) in [7, 11) is 0. The molecule has 0 aromatic carbocycles. The Morgan fingerprint density at radius 1 is 1.57 bits per heavy atom. The van der Waals surface area contributed by atoms with E-state index >= 15 is 0 Å². The third kappa shape index (κ3) is 1.08. The number of amidine groups is 1. The molecule has 0 bridgehead atoms. The summed E-state index contributed by atoms with van der Waals surface area (Å²) in [5, 5.41) is 17.4. The number of piperidine rings is 1. The van der Waals surface area contributed by atoms with Gasteiger partial charge in [0.25, 0.3) is 5.91 Å². The fourth-order valence-electron chi connectivity index (χ4n) is 2.16. The number of nitrogens with zero attached hydrogens (tertiary/aromatic N) is 1. The van der Waals surface area contributed by atoms with E-state index in [1.807, 2.05) is 0 Å². The first-order chi connectivity index (χ1) is 6.63. The van der Waals surface area contributed by atoms with Crippen molar-refractivity contribution in [1.29, 1.82) is 5.41 Å². The van der Waals surface area contributed by atoms with E-state index < -0.39 is 5.91 Å². The molecule has 5 heteroatoms. The molecule has 2 heterocycles. The highest BCUT2D eigenvalue weighted by molar-refractivity contribution is 6.21. The number of carbonyl (C=O) groups is 1. The van der Waals surface area contributed by atoms with Gasteiger partial charge in [-0.05, 0) is 19.3 Å². The second-order valence-corrected chi connectivity index (χ2v) is 3.68. The third-order valence-electron chi connectivity index (χ3n) is 2.84. The minimum absolute atomic E-state index is 0.00287. The standard InChI is InChI=1S/C9H13N3O2/c10-8-6(9(11)14)7(13)5-3-1-2-4-12(5)8/h5,10,13H,1-4H2,(H2,11,14)/t5-/m1/s1. The zero-order valence-electron chi connectivity index (χ0n) is 7.79. The Kier molecular flexibility index (Phi) is 1.94. The van der Waals surface area contributed by atoms with Gasteiger partial charge in [-0.1, -0.05) is 0 Å². The van der Waals surface area contributed by atoms with Gasteiger partial charge in [-0.15, -0.1) is 0 Å². The van der Waals surface area contributed by atoms with Crippen LogP contribution in [0.3, 0.4) is 0 Å². The average molecular weight is 195 g/mol. The van der Waals surface area contributed by atoms with E-state index in [1.165, 1.54) is 0 Å². The molecule has 2 aliphatic rings. The summed E-state index contributed by atoms with van der Waals surface area (Å²) in [5.41, 5.74) is 5.11. The van der Waals surface area contributed by atoms with Crippen LogP contribution in [0.25, 0.3) is 0 Å². The van der Waals surface area contributed by atoms with Crippen molar-refractivity contribution in [3.05, 3.63) is 11.3 Å². The molecule has 2 aliphatic heterocycles. The number of hydrogen-bond donors (Lipinski definition) is 3. The Labute approximate surface area is 81.7 Å². The average Bonchev–Trinajstić information content (AvgIpc) is 2.41. The van der Waals surface area contributed by atoms with E-state index in [1.54, 1.807) is 4.90 Å². The van der Waals surface area contributed by atoms with Gasteiger partial charge in [-0.2, -0.15) is 0 Å². The minimum atomic E-state index is -0.707. The predicted octanol–water partition coefficient (Wildman–Crippen LogP) is 0.129. The molecule has 2 rings (SSSR count). The number of carbonyl (C=O) groups excluding carboxylic acids is 1. The zero-order valence-corrected chi connectivity index (χ0v) is 7.79. The molecule has 5 nitrogen and oxygen atoms in total. The summed E-state index contributed by atoms with van der Waals surface area (Å²) in [6.45, 7) is 0.727. The molecule has 1 saturated heterocycles. The number of fused-ring (bicyclic) bond motifs is 1. The van der Waals surface area contributed by atoms with Crippen LogP contribution in [0.1, 0.15) is 19.3 Å². The van der Waals surface area contributed by atoms with E-state index in [-0.39, 0.29) is 23.2 Å². The van der Waals surface area contributed by atoms with E-state index in [0.29, 0.717) is 0 Å². The largest absolute Gasteiger partial charge is 0.509 e. The molecule has 0 unspecified atom stereocenters. The molecule has 1 fully saturated rings. The Morgan fingerprint density at radius 2 is 2.29 bits per heavy atom. The molecule has 4 N–H and O–H groups in total. The van der Waals surface area contributed by atoms with Crippen molar-refractivity contribution >= 4 is 11.7 Å². The number of amides is 1. The zero-order chi connectivity index (χ0) is 10.3. The fourth-order valence-corrected chi connectivity index (χ4v) is 2.16. The maximum absolute atomic E-state index is 11.0. The van der Waals surface area contributed by atoms with Crippen molar-refractivity contribution < 1.29 is 9.90 Å². The number of rotatable bonds is 1. The number of nitrogens with two attached hydrogens (primary N) is 1. The van der Waals surface area contributed by atoms with Crippen LogP contribution in [0.4, 0.5) is 0 Å². The summed E-state index contributed by atoms with van der Waals surface area (Å²) in [4.78, 5) is 12.8. The lowest BCUT2D eigenvalue weighted by Crippen LogP contribution is -2.39. The smallest absolute Gasteiger partial charge is 0.255 e. The molecule has 0 radical (unpaired) electrons. The molecule has 0 spiro atoms. The SMILES string of the molecule is N=C1C(C(N)=O)=C(O)[C@H]2CCCCN12. The second-order valence-electron chi connectivity index (χ2n) is 3.68. The number of primary amides is 1. The van der Waals surface area contributed by atoms with Crippen molar-refractivity contribution in [3.63, 3.8) is 0 Å². The second kappa shape index (κ2) is 3.01. The normalized spacial score (nSPS) is 26.7. The van der Waals surface area contributed by atoms with Crippen LogP contribution in [0, 0.1) is 5.41 Å². The van der Waals surface area contributed by atoms with Gasteiger partial charge in [0.2, 0.25) is 0 Å². The monoisotopic (exact) mass is 195 g/mol. The molecule has 76 valence electrons. The maximum atomic E-state index is 11.0. The first-order valence-electron chi connectivity index (χ1n) is 4.71. The van der Waals surface area contributed by atoms with Gasteiger partial charge in [0.15, 0.2) is 0 Å². The first-order valence-corrected chi connectivity index (χ1v) is 4.71. The topological polar surface area (TPSA) is 90.4 Å². The van der Waals surface area contributed by atoms with Crippen LogP contribution < -0.4 is 5.73 Å². The van der Waals surface area contributed by atoms with Gasteiger partial charge in [0, 0.05) is 6.54 Å². The van der Waals surface area contributed by atoms with Crippen molar-refractivity contribution in [1.82, 2.24) is 4.90 Å². The van der Waals surface area contributed by atoms with Crippen LogP contribution in [-0.4, -0.2) is 34.3 Å². The highest BCUT2D eigenvalue weighted by Gasteiger charge is 2.40. The quantitative estimate of drug-likeness (QED) is 0.555. The molecule has 0 aromatic heterocycles. The van der Waals surface area contributed by atoms with Crippen LogP contribution in [0.2, 0.25) is 0 Å². The van der Waals surface area contributed by atoms with E-state index in [0.717, 1.165) is 25.8 Å². The Morgan fingerprint density at radius 3 is 2.86 bits per heavy atom. The Balaban J connectivity index is 2.36. The van der Waals surface area contributed by atoms with E-state index in [2.05, 4.69) is 0 Å². The van der Waals surface area contributed by atoms with Crippen molar-refractivity contribution in [2.45, 2.75) is 25.3 Å². The molecule has 0 aromatic rings. The summed E-state index contributed by atoms with van der Waals surface area (Å²) >= 11 is 0. The molecule has 0 aliphatic carbocycles. The molecular weight excluding hydrogens is 182 g/mol. The number of aliphatic hydroxyl groups is 1. The van der Waals surface area contributed by atoms with Crippen LogP contribution in [0.15, 0.2) is 11.3 Å². The van der Waals surface area contributed by atoms with Crippen LogP contribution >= 0.6 is 0 Å². The van der Waals surface area contributed by atoms with Gasteiger partial charge < -0.3 is 15.7 Å². The van der Waals surface area contributed by atoms with Crippen molar-refractivity contribution in [2.24, 2.45) is 5.73 Å². The number of aliphatic hydroxyl groups excluding tert-OH is 1. The van der Waals surface area contributed by atoms with Gasteiger partial charge in [0.05, 0.1) is 6.04 Å². The third-order valence-corrected chi connectivity index (χ3v) is 2.84. The van der Waals surface area contributed by atoms with Gasteiger partial charge in [0.1, 0.15) is 17.2 Å². The molecular formula is C9H13N3O2. The summed E-state index contributed by atoms with van der Waals surface area (Å²) in [6.07, 6.45) is 2.81. The van der Waals surface area contributed by atoms with E-state index in [9.17, 15) is 9.90 Å². The van der Waals surface area contributed by atoms with E-state index in [4.69, 9.17) is 11.1 Å². The van der Waals surface area contributed by atoms with Gasteiger partial charge in [-0.25, -0.2) is 0 Å². The fraction of sp³-hybridized carbons (Fsp3) is 0.556. The summed E-state index contributed by atoms with van der Waals surface area (Å²) in [6, 6.07) is -0.182. The Bertz CT molecular complexity index is 335. The minimum Gasteiger partial charge on any atom is -0.509 e. The molecule has 1 amide bonds. The van der Waals surface area contributed by atoms with Crippen molar-refractivity contribution in [2.75, 3.05) is 6.54 Å².